The molecule has 0 spiro atoms. The van der Waals surface area contributed by atoms with Crippen LogP contribution in [0, 0.1) is 6.92 Å². The Kier molecular flexibility index (Phi) is 4.62. The smallest absolute Gasteiger partial charge is 0.170 e. The second kappa shape index (κ2) is 6.24. The first-order valence-electron chi connectivity index (χ1n) is 7.05. The lowest BCUT2D eigenvalue weighted by atomic mass is 10.0. The van der Waals surface area contributed by atoms with Gasteiger partial charge in [0.15, 0.2) is 5.84 Å². The molecule has 0 saturated heterocycles. The molecule has 2 rings (SSSR count). The van der Waals surface area contributed by atoms with E-state index in [0.717, 1.165) is 36.8 Å². The van der Waals surface area contributed by atoms with Crippen molar-refractivity contribution < 1.29 is 10.3 Å². The van der Waals surface area contributed by atoms with E-state index < -0.39 is 5.60 Å². The molecule has 0 heterocycles. The highest BCUT2D eigenvalue weighted by atomic mass is 16.4. The summed E-state index contributed by atoms with van der Waals surface area (Å²) >= 11 is 0. The van der Waals surface area contributed by atoms with Crippen LogP contribution in [0.1, 0.15) is 42.4 Å². The molecule has 0 bridgehead atoms. The highest BCUT2D eigenvalue weighted by molar-refractivity contribution is 5.97. The topological polar surface area (TPSA) is 90.9 Å². The molecule has 5 heteroatoms. The number of amidine groups is 1. The van der Waals surface area contributed by atoms with Gasteiger partial charge in [-0.3, -0.25) is 0 Å². The third-order valence-corrected chi connectivity index (χ3v) is 4.05. The molecular weight excluding hydrogens is 254 g/mol. The Hall–Kier alpha value is -1.59. The number of aryl methyl sites for hydroxylation is 1. The van der Waals surface area contributed by atoms with Gasteiger partial charge in [-0.2, -0.15) is 0 Å². The normalized spacial score (nSPS) is 18.4. The van der Waals surface area contributed by atoms with Gasteiger partial charge in [-0.1, -0.05) is 30.1 Å². The Labute approximate surface area is 119 Å². The zero-order valence-corrected chi connectivity index (χ0v) is 11.9. The second-order valence-corrected chi connectivity index (χ2v) is 5.66. The standard InChI is InChI=1S/C15H23N3O2/c1-11-8-12(14(16)18-20)4-5-13(11)9-17-10-15(19)6-2-3-7-15/h4-5,8,17,19-20H,2-3,6-7,9-10H2,1H3,(H2,16,18). The van der Waals surface area contributed by atoms with Gasteiger partial charge in [0.05, 0.1) is 5.60 Å². The Morgan fingerprint density at radius 2 is 2.10 bits per heavy atom. The summed E-state index contributed by atoms with van der Waals surface area (Å²) in [5.74, 6) is 0.118. The number of nitrogens with one attached hydrogen (secondary N) is 1. The Morgan fingerprint density at radius 1 is 1.40 bits per heavy atom. The molecule has 0 amide bonds. The van der Waals surface area contributed by atoms with E-state index in [-0.39, 0.29) is 5.84 Å². The molecule has 0 unspecified atom stereocenters. The molecule has 0 aliphatic heterocycles. The lowest BCUT2D eigenvalue weighted by Crippen LogP contribution is -2.37. The monoisotopic (exact) mass is 277 g/mol. The van der Waals surface area contributed by atoms with Gasteiger partial charge in [-0.15, -0.1) is 0 Å². The molecule has 0 radical (unpaired) electrons. The van der Waals surface area contributed by atoms with Gasteiger partial charge in [-0.25, -0.2) is 0 Å². The van der Waals surface area contributed by atoms with Crippen molar-refractivity contribution >= 4 is 5.84 Å². The van der Waals surface area contributed by atoms with Crippen LogP contribution in [0.15, 0.2) is 23.4 Å². The van der Waals surface area contributed by atoms with Gasteiger partial charge in [-0.05, 0) is 37.0 Å². The van der Waals surface area contributed by atoms with Crippen LogP contribution in [0.5, 0.6) is 0 Å². The zero-order chi connectivity index (χ0) is 14.6. The van der Waals surface area contributed by atoms with E-state index in [1.54, 1.807) is 0 Å². The minimum absolute atomic E-state index is 0.118. The van der Waals surface area contributed by atoms with Crippen LogP contribution >= 0.6 is 0 Å². The predicted octanol–water partition coefficient (Wildman–Crippen LogP) is 1.48. The molecule has 1 aliphatic rings. The Morgan fingerprint density at radius 3 is 2.70 bits per heavy atom. The summed E-state index contributed by atoms with van der Waals surface area (Å²) in [6.45, 7) is 3.34. The Balaban J connectivity index is 1.93. The first-order chi connectivity index (χ1) is 9.54. The van der Waals surface area contributed by atoms with Gasteiger partial charge < -0.3 is 21.4 Å². The van der Waals surface area contributed by atoms with Crippen molar-refractivity contribution in [2.24, 2.45) is 10.9 Å². The largest absolute Gasteiger partial charge is 0.409 e. The van der Waals surface area contributed by atoms with Crippen molar-refractivity contribution in [3.8, 4) is 0 Å². The summed E-state index contributed by atoms with van der Waals surface area (Å²) in [4.78, 5) is 0. The van der Waals surface area contributed by atoms with E-state index >= 15 is 0 Å². The number of hydrogen-bond donors (Lipinski definition) is 4. The summed E-state index contributed by atoms with van der Waals surface area (Å²) in [5, 5.41) is 25.3. The van der Waals surface area contributed by atoms with E-state index in [2.05, 4.69) is 10.5 Å². The van der Waals surface area contributed by atoms with Crippen LogP contribution in [0.3, 0.4) is 0 Å². The first-order valence-corrected chi connectivity index (χ1v) is 7.05. The molecule has 0 atom stereocenters. The van der Waals surface area contributed by atoms with Crippen molar-refractivity contribution in [1.82, 2.24) is 5.32 Å². The van der Waals surface area contributed by atoms with E-state index in [4.69, 9.17) is 10.9 Å². The van der Waals surface area contributed by atoms with Crippen molar-refractivity contribution in [2.75, 3.05) is 6.54 Å². The van der Waals surface area contributed by atoms with E-state index in [1.165, 1.54) is 0 Å². The van der Waals surface area contributed by atoms with Crippen molar-refractivity contribution in [3.05, 3.63) is 34.9 Å². The quantitative estimate of drug-likeness (QED) is 0.284. The van der Waals surface area contributed by atoms with Gasteiger partial charge >= 0.3 is 0 Å². The molecule has 20 heavy (non-hydrogen) atoms. The molecule has 1 fully saturated rings. The molecule has 1 aromatic carbocycles. The molecule has 5 N–H and O–H groups in total. The number of nitrogens with zero attached hydrogens (tertiary/aromatic N) is 1. The highest BCUT2D eigenvalue weighted by Gasteiger charge is 2.30. The van der Waals surface area contributed by atoms with E-state index in [9.17, 15) is 5.11 Å². The zero-order valence-electron chi connectivity index (χ0n) is 11.9. The molecule has 0 aromatic heterocycles. The summed E-state index contributed by atoms with van der Waals surface area (Å²) in [6.07, 6.45) is 4.01. The number of nitrogens with two attached hydrogens (primary N) is 1. The summed E-state index contributed by atoms with van der Waals surface area (Å²) in [7, 11) is 0. The van der Waals surface area contributed by atoms with Crippen LogP contribution in [0.2, 0.25) is 0 Å². The number of benzene rings is 1. The maximum atomic E-state index is 10.3. The third-order valence-electron chi connectivity index (χ3n) is 4.05. The first kappa shape index (κ1) is 14.8. The molecule has 110 valence electrons. The van der Waals surface area contributed by atoms with Crippen molar-refractivity contribution in [2.45, 2.75) is 44.8 Å². The fraction of sp³-hybridized carbons (Fsp3) is 0.533. The Bertz CT molecular complexity index is 494. The molecular formula is C15H23N3O2. The minimum Gasteiger partial charge on any atom is -0.409 e. The lowest BCUT2D eigenvalue weighted by molar-refractivity contribution is 0.0474. The average molecular weight is 277 g/mol. The van der Waals surface area contributed by atoms with E-state index in [1.807, 2.05) is 25.1 Å². The van der Waals surface area contributed by atoms with Crippen LogP contribution in [0.4, 0.5) is 0 Å². The SMILES string of the molecule is Cc1cc(/C(N)=N/O)ccc1CNCC1(O)CCCC1. The minimum atomic E-state index is -0.526. The van der Waals surface area contributed by atoms with Crippen LogP contribution < -0.4 is 11.1 Å². The summed E-state index contributed by atoms with van der Waals surface area (Å²) in [5.41, 5.74) is 7.99. The van der Waals surface area contributed by atoms with Gasteiger partial charge in [0, 0.05) is 18.7 Å². The van der Waals surface area contributed by atoms with Crippen LogP contribution in [-0.2, 0) is 6.54 Å². The molecule has 1 aliphatic carbocycles. The van der Waals surface area contributed by atoms with E-state index in [0.29, 0.717) is 18.7 Å². The van der Waals surface area contributed by atoms with Gasteiger partial charge in [0.1, 0.15) is 0 Å². The molecule has 5 nitrogen and oxygen atoms in total. The fourth-order valence-electron chi connectivity index (χ4n) is 2.75. The fourth-order valence-corrected chi connectivity index (χ4v) is 2.75. The second-order valence-electron chi connectivity index (χ2n) is 5.66. The third kappa shape index (κ3) is 3.49. The lowest BCUT2D eigenvalue weighted by Gasteiger charge is -2.22. The molecule has 1 aromatic rings. The maximum Gasteiger partial charge on any atom is 0.170 e. The van der Waals surface area contributed by atoms with Gasteiger partial charge in [0.2, 0.25) is 0 Å². The van der Waals surface area contributed by atoms with Crippen LogP contribution in [-0.4, -0.2) is 28.3 Å². The van der Waals surface area contributed by atoms with Crippen molar-refractivity contribution in [1.29, 1.82) is 0 Å². The predicted molar refractivity (Wildman–Crippen MR) is 78.8 cm³/mol. The number of rotatable bonds is 5. The summed E-state index contributed by atoms with van der Waals surface area (Å²) < 4.78 is 0. The van der Waals surface area contributed by atoms with Gasteiger partial charge in [0.25, 0.3) is 0 Å². The van der Waals surface area contributed by atoms with Crippen molar-refractivity contribution in [3.63, 3.8) is 0 Å². The maximum absolute atomic E-state index is 10.3. The number of oxime groups is 1. The number of aliphatic hydroxyl groups is 1. The molecule has 1 saturated carbocycles. The number of hydrogen-bond acceptors (Lipinski definition) is 4. The average Bonchev–Trinajstić information content (AvgIpc) is 2.86. The highest BCUT2D eigenvalue weighted by Crippen LogP contribution is 2.28. The summed E-state index contributed by atoms with van der Waals surface area (Å²) in [6, 6.07) is 5.70. The van der Waals surface area contributed by atoms with Crippen LogP contribution in [0.25, 0.3) is 0 Å².